The molecule has 0 aliphatic rings. The molecular formula is C16H21N5O. The molecular weight excluding hydrogens is 278 g/mol. The summed E-state index contributed by atoms with van der Waals surface area (Å²) in [5.74, 6) is 7.10. The van der Waals surface area contributed by atoms with Crippen molar-refractivity contribution in [2.75, 3.05) is 12.4 Å². The Bertz CT molecular complexity index is 669. The first kappa shape index (κ1) is 15.6. The fraction of sp³-hybridized carbons (Fsp3) is 0.250. The average molecular weight is 299 g/mol. The largest absolute Gasteiger partial charge is 0.497 e. The molecule has 0 aliphatic carbocycles. The third-order valence-electron chi connectivity index (χ3n) is 3.37. The van der Waals surface area contributed by atoms with Crippen LogP contribution in [-0.2, 0) is 6.42 Å². The van der Waals surface area contributed by atoms with Gasteiger partial charge in [0.2, 0.25) is 0 Å². The Morgan fingerprint density at radius 2 is 2.14 bits per heavy atom. The Hall–Kier alpha value is -2.76. The van der Waals surface area contributed by atoms with E-state index in [-0.39, 0.29) is 0 Å². The predicted octanol–water partition coefficient (Wildman–Crippen LogP) is 2.31. The van der Waals surface area contributed by atoms with Gasteiger partial charge in [0.05, 0.1) is 7.11 Å². The maximum atomic E-state index is 5.63. The van der Waals surface area contributed by atoms with Crippen LogP contribution in [0.15, 0.2) is 41.6 Å². The van der Waals surface area contributed by atoms with Crippen LogP contribution in [0.2, 0.25) is 0 Å². The molecule has 22 heavy (non-hydrogen) atoms. The molecule has 116 valence electrons. The highest BCUT2D eigenvalue weighted by molar-refractivity contribution is 5.80. The van der Waals surface area contributed by atoms with Gasteiger partial charge in [-0.3, -0.25) is 0 Å². The molecule has 0 radical (unpaired) electrons. The van der Waals surface area contributed by atoms with E-state index >= 15 is 0 Å². The van der Waals surface area contributed by atoms with Crippen LogP contribution in [0, 0.1) is 6.92 Å². The Labute approximate surface area is 130 Å². The molecule has 0 spiro atoms. The van der Waals surface area contributed by atoms with E-state index in [0.717, 1.165) is 34.8 Å². The van der Waals surface area contributed by atoms with E-state index in [9.17, 15) is 0 Å². The fourth-order valence-corrected chi connectivity index (χ4v) is 2.04. The topological polar surface area (TPSA) is 98.5 Å². The quantitative estimate of drug-likeness (QED) is 0.329. The highest BCUT2D eigenvalue weighted by Gasteiger charge is 2.04. The molecule has 2 aromatic rings. The van der Waals surface area contributed by atoms with Crippen LogP contribution in [0.1, 0.15) is 17.5 Å². The van der Waals surface area contributed by atoms with Crippen LogP contribution >= 0.6 is 0 Å². The third-order valence-corrected chi connectivity index (χ3v) is 3.37. The van der Waals surface area contributed by atoms with Crippen molar-refractivity contribution in [1.29, 1.82) is 0 Å². The first-order chi connectivity index (χ1) is 10.6. The van der Waals surface area contributed by atoms with Crippen molar-refractivity contribution in [3.8, 4) is 5.75 Å². The summed E-state index contributed by atoms with van der Waals surface area (Å²) in [4.78, 5) is 4.29. The third kappa shape index (κ3) is 4.12. The van der Waals surface area contributed by atoms with Gasteiger partial charge >= 0.3 is 0 Å². The highest BCUT2D eigenvalue weighted by atomic mass is 16.5. The van der Waals surface area contributed by atoms with Gasteiger partial charge in [-0.2, -0.15) is 5.10 Å². The molecule has 0 fully saturated rings. The van der Waals surface area contributed by atoms with Gasteiger partial charge in [0.25, 0.3) is 0 Å². The zero-order valence-corrected chi connectivity index (χ0v) is 12.8. The molecule has 1 aromatic carbocycles. The van der Waals surface area contributed by atoms with Crippen molar-refractivity contribution in [2.24, 2.45) is 16.7 Å². The molecule has 0 aliphatic heterocycles. The second kappa shape index (κ2) is 7.31. The minimum atomic E-state index is 0.449. The number of methoxy groups -OCH3 is 1. The number of rotatable bonds is 6. The molecule has 0 unspecified atom stereocenters. The molecule has 6 heteroatoms. The molecule has 0 bridgehead atoms. The Balaban J connectivity index is 2.15. The minimum Gasteiger partial charge on any atom is -0.497 e. The van der Waals surface area contributed by atoms with E-state index in [0.29, 0.717) is 12.3 Å². The molecule has 0 atom stereocenters. The maximum absolute atomic E-state index is 5.63. The monoisotopic (exact) mass is 299 g/mol. The summed E-state index contributed by atoms with van der Waals surface area (Å²) in [5, 5.41) is 6.80. The van der Waals surface area contributed by atoms with Crippen LogP contribution in [0.4, 0.5) is 11.5 Å². The molecule has 0 amide bonds. The van der Waals surface area contributed by atoms with Gasteiger partial charge in [-0.15, -0.1) is 0 Å². The molecule has 0 saturated carbocycles. The van der Waals surface area contributed by atoms with Gasteiger partial charge in [0.15, 0.2) is 0 Å². The zero-order chi connectivity index (χ0) is 15.9. The van der Waals surface area contributed by atoms with Gasteiger partial charge in [0.1, 0.15) is 17.4 Å². The lowest BCUT2D eigenvalue weighted by atomic mass is 10.1. The number of benzene rings is 1. The maximum Gasteiger partial charge on any atom is 0.133 e. The summed E-state index contributed by atoms with van der Waals surface area (Å²) in [7, 11) is 1.63. The number of amidine groups is 1. The van der Waals surface area contributed by atoms with Crippen LogP contribution in [0.3, 0.4) is 0 Å². The van der Waals surface area contributed by atoms with Gasteiger partial charge in [-0.05, 0) is 36.6 Å². The standard InChI is InChI=1S/C16H21N5O/c1-11-3-4-12(5-6-15(17)21-18)9-14(11)20-16-10-13(22-2)7-8-19-16/h3-4,7-10H,5-6,18H2,1-2H3,(H2,17,21)(H,19,20). The van der Waals surface area contributed by atoms with E-state index in [1.165, 1.54) is 0 Å². The summed E-state index contributed by atoms with van der Waals surface area (Å²) in [5.41, 5.74) is 8.92. The number of aryl methyl sites for hydroxylation is 2. The van der Waals surface area contributed by atoms with Crippen LogP contribution in [0.25, 0.3) is 0 Å². The SMILES string of the molecule is COc1ccnc(Nc2cc(CC/C(N)=N/N)ccc2C)c1. The number of hydrogen-bond acceptors (Lipinski definition) is 5. The fourth-order valence-electron chi connectivity index (χ4n) is 2.04. The molecule has 1 heterocycles. The molecule has 6 nitrogen and oxygen atoms in total. The lowest BCUT2D eigenvalue weighted by Crippen LogP contribution is -2.14. The number of nitrogens with one attached hydrogen (secondary N) is 1. The van der Waals surface area contributed by atoms with Gasteiger partial charge < -0.3 is 21.6 Å². The average Bonchev–Trinajstić information content (AvgIpc) is 2.55. The number of anilines is 2. The number of hydrogen-bond donors (Lipinski definition) is 3. The lowest BCUT2D eigenvalue weighted by Gasteiger charge is -2.12. The smallest absolute Gasteiger partial charge is 0.133 e. The number of ether oxygens (including phenoxy) is 1. The van der Waals surface area contributed by atoms with Crippen molar-refractivity contribution in [2.45, 2.75) is 19.8 Å². The Kier molecular flexibility index (Phi) is 5.19. The summed E-state index contributed by atoms with van der Waals surface area (Å²) in [6.45, 7) is 2.04. The van der Waals surface area contributed by atoms with Crippen molar-refractivity contribution in [3.05, 3.63) is 47.7 Å². The number of nitrogens with zero attached hydrogens (tertiary/aromatic N) is 2. The summed E-state index contributed by atoms with van der Waals surface area (Å²) in [6, 6.07) is 9.88. The van der Waals surface area contributed by atoms with Gasteiger partial charge in [-0.1, -0.05) is 12.1 Å². The predicted molar refractivity (Wildman–Crippen MR) is 89.4 cm³/mol. The molecule has 2 rings (SSSR count). The normalized spacial score (nSPS) is 11.3. The molecule has 1 aromatic heterocycles. The van der Waals surface area contributed by atoms with Crippen LogP contribution in [-0.4, -0.2) is 17.9 Å². The van der Waals surface area contributed by atoms with Crippen LogP contribution in [0.5, 0.6) is 5.75 Å². The number of nitrogens with two attached hydrogens (primary N) is 2. The second-order valence-electron chi connectivity index (χ2n) is 4.98. The van der Waals surface area contributed by atoms with E-state index < -0.39 is 0 Å². The number of pyridine rings is 1. The Morgan fingerprint density at radius 3 is 2.86 bits per heavy atom. The lowest BCUT2D eigenvalue weighted by molar-refractivity contribution is 0.414. The summed E-state index contributed by atoms with van der Waals surface area (Å²) in [6.07, 6.45) is 3.13. The van der Waals surface area contributed by atoms with E-state index in [1.807, 2.05) is 19.1 Å². The van der Waals surface area contributed by atoms with E-state index in [2.05, 4.69) is 33.6 Å². The first-order valence-electron chi connectivity index (χ1n) is 7.01. The van der Waals surface area contributed by atoms with Crippen LogP contribution < -0.4 is 21.6 Å². The first-order valence-corrected chi connectivity index (χ1v) is 7.01. The van der Waals surface area contributed by atoms with Gasteiger partial charge in [0, 0.05) is 24.4 Å². The highest BCUT2D eigenvalue weighted by Crippen LogP contribution is 2.23. The number of aromatic nitrogens is 1. The van der Waals surface area contributed by atoms with E-state index in [1.54, 1.807) is 13.3 Å². The van der Waals surface area contributed by atoms with Crippen molar-refractivity contribution in [1.82, 2.24) is 4.98 Å². The molecule has 5 N–H and O–H groups in total. The summed E-state index contributed by atoms with van der Waals surface area (Å²) < 4.78 is 5.20. The Morgan fingerprint density at radius 1 is 1.32 bits per heavy atom. The van der Waals surface area contributed by atoms with Gasteiger partial charge in [-0.25, -0.2) is 4.98 Å². The van der Waals surface area contributed by atoms with Crippen molar-refractivity contribution < 1.29 is 4.74 Å². The van der Waals surface area contributed by atoms with Crippen molar-refractivity contribution in [3.63, 3.8) is 0 Å². The van der Waals surface area contributed by atoms with Crippen molar-refractivity contribution >= 4 is 17.3 Å². The van der Waals surface area contributed by atoms with E-state index in [4.69, 9.17) is 16.3 Å². The molecule has 0 saturated heterocycles. The zero-order valence-electron chi connectivity index (χ0n) is 12.8. The minimum absolute atomic E-state index is 0.449. The second-order valence-corrected chi connectivity index (χ2v) is 4.98. The number of hydrazone groups is 1. The summed E-state index contributed by atoms with van der Waals surface area (Å²) >= 11 is 0.